The quantitative estimate of drug-likeness (QED) is 0.743. The van der Waals surface area contributed by atoms with Crippen molar-refractivity contribution in [3.8, 4) is 6.07 Å². The molecule has 0 unspecified atom stereocenters. The van der Waals surface area contributed by atoms with Crippen molar-refractivity contribution in [2.24, 2.45) is 0 Å². The van der Waals surface area contributed by atoms with E-state index in [1.807, 2.05) is 0 Å². The van der Waals surface area contributed by atoms with Crippen molar-refractivity contribution in [1.82, 2.24) is 4.98 Å². The molecule has 1 aromatic heterocycles. The number of pyridine rings is 1. The minimum atomic E-state index is -2.78. The number of rotatable bonds is 2. The molecule has 3 N–H and O–H groups in total. The van der Waals surface area contributed by atoms with Crippen molar-refractivity contribution in [2.75, 3.05) is 5.73 Å². The van der Waals surface area contributed by atoms with Crippen LogP contribution in [-0.2, 0) is 6.61 Å². The van der Waals surface area contributed by atoms with Crippen LogP contribution in [0.2, 0.25) is 0 Å². The standard InChI is InChI=1S/C8H7F2N3O/c9-7(10)5-1-4(2-11)6(3-14)13-8(5)12/h1,7,14H,3H2,(H2,12,13). The highest BCUT2D eigenvalue weighted by molar-refractivity contribution is 5.48. The molecular formula is C8H7F2N3O. The Kier molecular flexibility index (Phi) is 2.94. The molecular weight excluding hydrogens is 192 g/mol. The predicted octanol–water partition coefficient (Wildman–Crippen LogP) is 0.965. The van der Waals surface area contributed by atoms with Crippen LogP contribution in [0.15, 0.2) is 6.07 Å². The third-order valence-corrected chi connectivity index (χ3v) is 1.67. The zero-order chi connectivity index (χ0) is 10.7. The number of alkyl halides is 2. The predicted molar refractivity (Wildman–Crippen MR) is 44.2 cm³/mol. The number of nitrogen functional groups attached to an aromatic ring is 1. The summed E-state index contributed by atoms with van der Waals surface area (Å²) >= 11 is 0. The summed E-state index contributed by atoms with van der Waals surface area (Å²) in [5.74, 6) is -0.358. The minimum absolute atomic E-state index is 0.00870. The van der Waals surface area contributed by atoms with Gasteiger partial charge in [-0.25, -0.2) is 13.8 Å². The molecule has 1 aromatic rings. The topological polar surface area (TPSA) is 82.9 Å². The van der Waals surface area contributed by atoms with E-state index in [4.69, 9.17) is 16.1 Å². The van der Waals surface area contributed by atoms with Gasteiger partial charge in [0.15, 0.2) is 0 Å². The van der Waals surface area contributed by atoms with Gasteiger partial charge in [0.2, 0.25) is 0 Å². The molecule has 1 rings (SSSR count). The largest absolute Gasteiger partial charge is 0.390 e. The molecule has 1 heterocycles. The second-order valence-corrected chi connectivity index (χ2v) is 2.53. The van der Waals surface area contributed by atoms with Gasteiger partial charge in [0.1, 0.15) is 11.9 Å². The zero-order valence-electron chi connectivity index (χ0n) is 7.04. The molecule has 0 aliphatic carbocycles. The molecule has 6 heteroatoms. The summed E-state index contributed by atoms with van der Waals surface area (Å²) in [6.07, 6.45) is -2.78. The lowest BCUT2D eigenvalue weighted by molar-refractivity contribution is 0.151. The van der Waals surface area contributed by atoms with E-state index < -0.39 is 18.6 Å². The Hall–Kier alpha value is -1.74. The number of halogens is 2. The third-order valence-electron chi connectivity index (χ3n) is 1.67. The molecule has 0 spiro atoms. The van der Waals surface area contributed by atoms with Gasteiger partial charge < -0.3 is 10.8 Å². The van der Waals surface area contributed by atoms with Crippen LogP contribution >= 0.6 is 0 Å². The van der Waals surface area contributed by atoms with Crippen LogP contribution in [0.5, 0.6) is 0 Å². The van der Waals surface area contributed by atoms with Gasteiger partial charge in [-0.15, -0.1) is 0 Å². The Morgan fingerprint density at radius 2 is 2.29 bits per heavy atom. The first kappa shape index (κ1) is 10.3. The van der Waals surface area contributed by atoms with Gasteiger partial charge in [0, 0.05) is 0 Å². The highest BCUT2D eigenvalue weighted by Gasteiger charge is 2.16. The molecule has 0 saturated heterocycles. The lowest BCUT2D eigenvalue weighted by Crippen LogP contribution is -2.04. The molecule has 0 aliphatic rings. The van der Waals surface area contributed by atoms with E-state index in [-0.39, 0.29) is 17.1 Å². The fourth-order valence-corrected chi connectivity index (χ4v) is 0.975. The van der Waals surface area contributed by atoms with E-state index >= 15 is 0 Å². The molecule has 0 aromatic carbocycles. The summed E-state index contributed by atoms with van der Waals surface area (Å²) in [7, 11) is 0. The number of hydrogen-bond donors (Lipinski definition) is 2. The SMILES string of the molecule is N#Cc1cc(C(F)F)c(N)nc1CO. The minimum Gasteiger partial charge on any atom is -0.390 e. The smallest absolute Gasteiger partial charge is 0.267 e. The van der Waals surface area contributed by atoms with E-state index in [2.05, 4.69) is 4.98 Å². The van der Waals surface area contributed by atoms with Gasteiger partial charge in [0.05, 0.1) is 23.4 Å². The number of aromatic nitrogens is 1. The molecule has 4 nitrogen and oxygen atoms in total. The zero-order valence-corrected chi connectivity index (χ0v) is 7.04. The summed E-state index contributed by atoms with van der Waals surface area (Å²) in [6.45, 7) is -0.503. The summed E-state index contributed by atoms with van der Waals surface area (Å²) in [5, 5.41) is 17.3. The fraction of sp³-hybridized carbons (Fsp3) is 0.250. The molecule has 0 saturated carbocycles. The van der Waals surface area contributed by atoms with Crippen molar-refractivity contribution < 1.29 is 13.9 Å². The maximum Gasteiger partial charge on any atom is 0.267 e. The van der Waals surface area contributed by atoms with Crippen LogP contribution in [0, 0.1) is 11.3 Å². The molecule has 0 radical (unpaired) electrons. The monoisotopic (exact) mass is 199 g/mol. The Balaban J connectivity index is 3.32. The molecule has 0 atom stereocenters. The highest BCUT2D eigenvalue weighted by Crippen LogP contribution is 2.25. The van der Waals surface area contributed by atoms with Crippen LogP contribution in [0.4, 0.5) is 14.6 Å². The van der Waals surface area contributed by atoms with Gasteiger partial charge >= 0.3 is 0 Å². The van der Waals surface area contributed by atoms with E-state index in [0.29, 0.717) is 0 Å². The van der Waals surface area contributed by atoms with Crippen LogP contribution < -0.4 is 5.73 Å². The number of nitrogens with two attached hydrogens (primary N) is 1. The maximum absolute atomic E-state index is 12.3. The Bertz CT molecular complexity index is 387. The molecule has 14 heavy (non-hydrogen) atoms. The number of anilines is 1. The summed E-state index contributed by atoms with van der Waals surface area (Å²) in [4.78, 5) is 3.51. The average Bonchev–Trinajstić information content (AvgIpc) is 2.16. The fourth-order valence-electron chi connectivity index (χ4n) is 0.975. The second kappa shape index (κ2) is 3.98. The molecule has 74 valence electrons. The normalized spacial score (nSPS) is 10.2. The summed E-state index contributed by atoms with van der Waals surface area (Å²) in [6, 6.07) is 2.60. The van der Waals surface area contributed by atoms with E-state index in [0.717, 1.165) is 6.07 Å². The van der Waals surface area contributed by atoms with Gasteiger partial charge in [-0.05, 0) is 6.07 Å². The summed E-state index contributed by atoms with van der Waals surface area (Å²) in [5.41, 5.74) is 4.65. The van der Waals surface area contributed by atoms with Crippen LogP contribution in [0.1, 0.15) is 23.2 Å². The van der Waals surface area contributed by atoms with Crippen LogP contribution in [0.3, 0.4) is 0 Å². The molecule has 0 bridgehead atoms. The van der Waals surface area contributed by atoms with Crippen molar-refractivity contribution in [2.45, 2.75) is 13.0 Å². The Labute approximate surface area is 78.6 Å². The number of nitriles is 1. The van der Waals surface area contributed by atoms with Crippen molar-refractivity contribution in [3.63, 3.8) is 0 Å². The Morgan fingerprint density at radius 3 is 2.71 bits per heavy atom. The van der Waals surface area contributed by atoms with Gasteiger partial charge in [0.25, 0.3) is 6.43 Å². The summed E-state index contributed by atoms with van der Waals surface area (Å²) < 4.78 is 24.6. The van der Waals surface area contributed by atoms with E-state index in [1.165, 1.54) is 0 Å². The molecule has 0 fully saturated rings. The second-order valence-electron chi connectivity index (χ2n) is 2.53. The van der Waals surface area contributed by atoms with Crippen molar-refractivity contribution in [1.29, 1.82) is 5.26 Å². The Morgan fingerprint density at radius 1 is 1.64 bits per heavy atom. The number of aliphatic hydroxyl groups excluding tert-OH is 1. The molecule has 0 amide bonds. The van der Waals surface area contributed by atoms with E-state index in [9.17, 15) is 8.78 Å². The van der Waals surface area contributed by atoms with Gasteiger partial charge in [-0.1, -0.05) is 0 Å². The highest BCUT2D eigenvalue weighted by atomic mass is 19.3. The lowest BCUT2D eigenvalue weighted by atomic mass is 10.1. The van der Waals surface area contributed by atoms with Crippen LogP contribution in [0.25, 0.3) is 0 Å². The van der Waals surface area contributed by atoms with Gasteiger partial charge in [-0.2, -0.15) is 5.26 Å². The maximum atomic E-state index is 12.3. The lowest BCUT2D eigenvalue weighted by Gasteiger charge is -2.06. The van der Waals surface area contributed by atoms with Crippen molar-refractivity contribution in [3.05, 3.63) is 22.9 Å². The van der Waals surface area contributed by atoms with E-state index in [1.54, 1.807) is 6.07 Å². The average molecular weight is 199 g/mol. The third kappa shape index (κ3) is 1.78. The first-order valence-corrected chi connectivity index (χ1v) is 3.68. The van der Waals surface area contributed by atoms with Crippen molar-refractivity contribution >= 4 is 5.82 Å². The molecule has 0 aliphatic heterocycles. The first-order valence-electron chi connectivity index (χ1n) is 3.68. The number of aliphatic hydroxyl groups is 1. The number of nitrogens with zero attached hydrogens (tertiary/aromatic N) is 2. The van der Waals surface area contributed by atoms with Gasteiger partial charge in [-0.3, -0.25) is 0 Å². The number of hydrogen-bond acceptors (Lipinski definition) is 4. The first-order chi connectivity index (χ1) is 6.60. The van der Waals surface area contributed by atoms with Crippen LogP contribution in [-0.4, -0.2) is 10.1 Å².